The van der Waals surface area contributed by atoms with Gasteiger partial charge in [0.2, 0.25) is 6.29 Å². The Bertz CT molecular complexity index is 756. The van der Waals surface area contributed by atoms with Crippen molar-refractivity contribution in [3.05, 3.63) is 78.1 Å². The SMILES string of the molecule is COC(OC)c1cn(-c2ccccc2)c(SCc2ccccc2)n1. The Balaban J connectivity index is 1.90. The number of hydrogen-bond donors (Lipinski definition) is 0. The Morgan fingerprint density at radius 1 is 0.958 bits per heavy atom. The molecule has 24 heavy (non-hydrogen) atoms. The molecule has 0 fully saturated rings. The molecule has 0 saturated heterocycles. The first-order valence-electron chi connectivity index (χ1n) is 7.69. The van der Waals surface area contributed by atoms with E-state index in [0.717, 1.165) is 22.3 Å². The zero-order chi connectivity index (χ0) is 16.8. The first kappa shape index (κ1) is 16.8. The second kappa shape index (κ2) is 8.15. The fourth-order valence-corrected chi connectivity index (χ4v) is 3.38. The van der Waals surface area contributed by atoms with E-state index >= 15 is 0 Å². The van der Waals surface area contributed by atoms with E-state index in [1.54, 1.807) is 26.0 Å². The van der Waals surface area contributed by atoms with Crippen molar-refractivity contribution in [1.29, 1.82) is 0 Å². The van der Waals surface area contributed by atoms with Crippen molar-refractivity contribution in [1.82, 2.24) is 9.55 Å². The van der Waals surface area contributed by atoms with Gasteiger partial charge in [-0.2, -0.15) is 0 Å². The second-order valence-electron chi connectivity index (χ2n) is 5.23. The molecule has 0 bridgehead atoms. The molecule has 0 amide bonds. The van der Waals surface area contributed by atoms with E-state index in [0.29, 0.717) is 0 Å². The summed E-state index contributed by atoms with van der Waals surface area (Å²) in [5.41, 5.74) is 3.10. The van der Waals surface area contributed by atoms with Crippen LogP contribution in [0.3, 0.4) is 0 Å². The van der Waals surface area contributed by atoms with Gasteiger partial charge in [0.15, 0.2) is 5.16 Å². The van der Waals surface area contributed by atoms with Gasteiger partial charge in [-0.05, 0) is 17.7 Å². The molecule has 1 aromatic heterocycles. The minimum atomic E-state index is -0.467. The summed E-state index contributed by atoms with van der Waals surface area (Å²) in [6, 6.07) is 20.5. The van der Waals surface area contributed by atoms with Crippen molar-refractivity contribution in [3.8, 4) is 5.69 Å². The van der Waals surface area contributed by atoms with E-state index < -0.39 is 6.29 Å². The Kier molecular flexibility index (Phi) is 5.69. The van der Waals surface area contributed by atoms with Crippen LogP contribution in [-0.2, 0) is 15.2 Å². The van der Waals surface area contributed by atoms with E-state index in [1.807, 2.05) is 30.5 Å². The van der Waals surface area contributed by atoms with Crippen LogP contribution in [0.15, 0.2) is 72.0 Å². The maximum atomic E-state index is 5.35. The van der Waals surface area contributed by atoms with Crippen LogP contribution in [0, 0.1) is 0 Å². The Morgan fingerprint density at radius 2 is 1.58 bits per heavy atom. The lowest BCUT2D eigenvalue weighted by Gasteiger charge is -2.09. The summed E-state index contributed by atoms with van der Waals surface area (Å²) < 4.78 is 12.8. The summed E-state index contributed by atoms with van der Waals surface area (Å²) in [5.74, 6) is 0.856. The predicted octanol–water partition coefficient (Wildman–Crippen LogP) is 4.46. The molecule has 0 aliphatic carbocycles. The summed E-state index contributed by atoms with van der Waals surface area (Å²) in [7, 11) is 3.24. The van der Waals surface area contributed by atoms with Crippen LogP contribution in [0.25, 0.3) is 5.69 Å². The number of methoxy groups -OCH3 is 2. The third-order valence-electron chi connectivity index (χ3n) is 3.61. The highest BCUT2D eigenvalue weighted by molar-refractivity contribution is 7.98. The normalized spacial score (nSPS) is 11.1. The van der Waals surface area contributed by atoms with Gasteiger partial charge in [-0.1, -0.05) is 60.3 Å². The Labute approximate surface area is 146 Å². The van der Waals surface area contributed by atoms with Crippen molar-refractivity contribution in [2.45, 2.75) is 17.2 Å². The minimum absolute atomic E-state index is 0.467. The van der Waals surface area contributed by atoms with E-state index in [1.165, 1.54) is 5.56 Å². The molecule has 5 heteroatoms. The molecule has 0 N–H and O–H groups in total. The molecule has 0 atom stereocenters. The fourth-order valence-electron chi connectivity index (χ4n) is 2.43. The summed E-state index contributed by atoms with van der Waals surface area (Å²) in [4.78, 5) is 4.72. The van der Waals surface area contributed by atoms with Crippen molar-refractivity contribution in [2.24, 2.45) is 0 Å². The molecule has 4 nitrogen and oxygen atoms in total. The van der Waals surface area contributed by atoms with Crippen molar-refractivity contribution < 1.29 is 9.47 Å². The van der Waals surface area contributed by atoms with Crippen LogP contribution in [0.1, 0.15) is 17.5 Å². The van der Waals surface area contributed by atoms with Crippen LogP contribution < -0.4 is 0 Å². The van der Waals surface area contributed by atoms with Gasteiger partial charge in [0.1, 0.15) is 5.69 Å². The molecule has 3 rings (SSSR count). The topological polar surface area (TPSA) is 36.3 Å². The number of aromatic nitrogens is 2. The smallest absolute Gasteiger partial charge is 0.202 e. The van der Waals surface area contributed by atoms with E-state index in [2.05, 4.69) is 41.0 Å². The van der Waals surface area contributed by atoms with Crippen molar-refractivity contribution >= 4 is 11.8 Å². The highest BCUT2D eigenvalue weighted by atomic mass is 32.2. The van der Waals surface area contributed by atoms with Gasteiger partial charge in [0, 0.05) is 31.9 Å². The van der Waals surface area contributed by atoms with E-state index in [9.17, 15) is 0 Å². The summed E-state index contributed by atoms with van der Waals surface area (Å²) in [5, 5.41) is 0.916. The lowest BCUT2D eigenvalue weighted by Crippen LogP contribution is -2.03. The van der Waals surface area contributed by atoms with Crippen LogP contribution >= 0.6 is 11.8 Å². The summed E-state index contributed by atoms with van der Waals surface area (Å²) >= 11 is 1.69. The second-order valence-corrected chi connectivity index (χ2v) is 6.17. The highest BCUT2D eigenvalue weighted by Gasteiger charge is 2.17. The quantitative estimate of drug-likeness (QED) is 0.470. The van der Waals surface area contributed by atoms with Gasteiger partial charge >= 0.3 is 0 Å². The monoisotopic (exact) mass is 340 g/mol. The van der Waals surface area contributed by atoms with E-state index in [-0.39, 0.29) is 0 Å². The minimum Gasteiger partial charge on any atom is -0.350 e. The first-order valence-corrected chi connectivity index (χ1v) is 8.67. The molecule has 0 saturated carbocycles. The van der Waals surface area contributed by atoms with Crippen molar-refractivity contribution in [3.63, 3.8) is 0 Å². The van der Waals surface area contributed by atoms with Crippen LogP contribution in [0.2, 0.25) is 0 Å². The number of imidazole rings is 1. The van der Waals surface area contributed by atoms with Gasteiger partial charge in [-0.25, -0.2) is 4.98 Å². The maximum absolute atomic E-state index is 5.35. The van der Waals surface area contributed by atoms with E-state index in [4.69, 9.17) is 14.5 Å². The standard InChI is InChI=1S/C19H20N2O2S/c1-22-18(23-2)17-13-21(16-11-7-4-8-12-16)19(20-17)24-14-15-9-5-3-6-10-15/h3-13,18H,14H2,1-2H3. The molecule has 2 aromatic carbocycles. The van der Waals surface area contributed by atoms with Gasteiger partial charge in [-0.3, -0.25) is 4.57 Å². The third-order valence-corrected chi connectivity index (χ3v) is 4.63. The number of ether oxygens (including phenoxy) is 2. The molecule has 0 unspecified atom stereocenters. The molecule has 0 spiro atoms. The number of rotatable bonds is 7. The number of benzene rings is 2. The summed E-state index contributed by atoms with van der Waals surface area (Å²) in [6.07, 6.45) is 1.51. The largest absolute Gasteiger partial charge is 0.350 e. The van der Waals surface area contributed by atoms with Gasteiger partial charge < -0.3 is 9.47 Å². The number of hydrogen-bond acceptors (Lipinski definition) is 4. The molecule has 0 aliphatic heterocycles. The molecule has 1 heterocycles. The number of nitrogens with zero attached hydrogens (tertiary/aromatic N) is 2. The molecular weight excluding hydrogens is 320 g/mol. The lowest BCUT2D eigenvalue weighted by molar-refractivity contribution is -0.108. The van der Waals surface area contributed by atoms with Crippen LogP contribution in [0.5, 0.6) is 0 Å². The van der Waals surface area contributed by atoms with Crippen LogP contribution in [0.4, 0.5) is 0 Å². The first-order chi connectivity index (χ1) is 11.8. The van der Waals surface area contributed by atoms with Crippen molar-refractivity contribution in [2.75, 3.05) is 14.2 Å². The van der Waals surface area contributed by atoms with Gasteiger partial charge in [0.25, 0.3) is 0 Å². The number of para-hydroxylation sites is 1. The highest BCUT2D eigenvalue weighted by Crippen LogP contribution is 2.28. The molecule has 124 valence electrons. The lowest BCUT2D eigenvalue weighted by atomic mass is 10.2. The fraction of sp³-hybridized carbons (Fsp3) is 0.211. The summed E-state index contributed by atoms with van der Waals surface area (Å²) in [6.45, 7) is 0. The Hall–Kier alpha value is -2.08. The zero-order valence-corrected chi connectivity index (χ0v) is 14.6. The molecule has 3 aromatic rings. The zero-order valence-electron chi connectivity index (χ0n) is 13.8. The maximum Gasteiger partial charge on any atom is 0.202 e. The van der Waals surface area contributed by atoms with Gasteiger partial charge in [-0.15, -0.1) is 0 Å². The molecule has 0 aliphatic rings. The average Bonchev–Trinajstić information content (AvgIpc) is 3.07. The molecular formula is C19H20N2O2S. The predicted molar refractivity (Wildman–Crippen MR) is 96.3 cm³/mol. The number of thioether (sulfide) groups is 1. The third kappa shape index (κ3) is 3.87. The average molecular weight is 340 g/mol. The van der Waals surface area contributed by atoms with Gasteiger partial charge in [0.05, 0.1) is 0 Å². The Morgan fingerprint density at radius 3 is 2.21 bits per heavy atom. The molecule has 0 radical (unpaired) electrons. The van der Waals surface area contributed by atoms with Crippen LogP contribution in [-0.4, -0.2) is 23.8 Å².